The SMILES string of the molecule is C=Cc1cccc(C)c1-c1ncccc1C. The van der Waals surface area contributed by atoms with Crippen molar-refractivity contribution in [2.45, 2.75) is 13.8 Å². The van der Waals surface area contributed by atoms with E-state index in [0.29, 0.717) is 0 Å². The zero-order valence-corrected chi connectivity index (χ0v) is 9.70. The molecule has 16 heavy (non-hydrogen) atoms. The van der Waals surface area contributed by atoms with Gasteiger partial charge in [0.05, 0.1) is 5.69 Å². The predicted molar refractivity (Wildman–Crippen MR) is 69.2 cm³/mol. The van der Waals surface area contributed by atoms with Gasteiger partial charge in [0, 0.05) is 11.8 Å². The molecule has 0 bridgehead atoms. The second-order valence-corrected chi connectivity index (χ2v) is 3.91. The second-order valence-electron chi connectivity index (χ2n) is 3.91. The molecule has 0 N–H and O–H groups in total. The van der Waals surface area contributed by atoms with Crippen LogP contribution in [0.15, 0.2) is 43.1 Å². The maximum Gasteiger partial charge on any atom is 0.0739 e. The lowest BCUT2D eigenvalue weighted by molar-refractivity contribution is 1.25. The summed E-state index contributed by atoms with van der Waals surface area (Å²) >= 11 is 0. The van der Waals surface area contributed by atoms with E-state index in [1.54, 1.807) is 0 Å². The molecule has 80 valence electrons. The summed E-state index contributed by atoms with van der Waals surface area (Å²) in [5.74, 6) is 0. The van der Waals surface area contributed by atoms with Gasteiger partial charge < -0.3 is 0 Å². The van der Waals surface area contributed by atoms with Crippen LogP contribution in [0.25, 0.3) is 17.3 Å². The van der Waals surface area contributed by atoms with Gasteiger partial charge >= 0.3 is 0 Å². The first-order valence-corrected chi connectivity index (χ1v) is 5.38. The van der Waals surface area contributed by atoms with Gasteiger partial charge in [0.25, 0.3) is 0 Å². The molecule has 0 aliphatic carbocycles. The fourth-order valence-corrected chi connectivity index (χ4v) is 1.93. The molecule has 1 heterocycles. The maximum atomic E-state index is 4.47. The third-order valence-corrected chi connectivity index (χ3v) is 2.77. The van der Waals surface area contributed by atoms with Crippen LogP contribution in [0.4, 0.5) is 0 Å². The average Bonchev–Trinajstić information content (AvgIpc) is 2.30. The van der Waals surface area contributed by atoms with Gasteiger partial charge in [-0.3, -0.25) is 4.98 Å². The maximum absolute atomic E-state index is 4.47. The molecule has 1 aromatic carbocycles. The Hall–Kier alpha value is -1.89. The normalized spacial score (nSPS) is 10.1. The summed E-state index contributed by atoms with van der Waals surface area (Å²) in [5.41, 5.74) is 5.81. The molecule has 0 aliphatic heterocycles. The molecule has 0 amide bonds. The zero-order chi connectivity index (χ0) is 11.5. The summed E-state index contributed by atoms with van der Waals surface area (Å²) in [4.78, 5) is 4.47. The minimum Gasteiger partial charge on any atom is -0.256 e. The van der Waals surface area contributed by atoms with E-state index < -0.39 is 0 Å². The van der Waals surface area contributed by atoms with Crippen molar-refractivity contribution >= 4 is 6.08 Å². The fourth-order valence-electron chi connectivity index (χ4n) is 1.93. The van der Waals surface area contributed by atoms with Crippen molar-refractivity contribution in [3.63, 3.8) is 0 Å². The Bertz CT molecular complexity index is 527. The van der Waals surface area contributed by atoms with Crippen LogP contribution < -0.4 is 0 Å². The topological polar surface area (TPSA) is 12.9 Å². The predicted octanol–water partition coefficient (Wildman–Crippen LogP) is 4.01. The molecule has 0 atom stereocenters. The standard InChI is InChI=1S/C15H15N/c1-4-13-9-5-7-11(2)14(13)15-12(3)8-6-10-16-15/h4-10H,1H2,2-3H3. The van der Waals surface area contributed by atoms with Crippen LogP contribution in [0.1, 0.15) is 16.7 Å². The van der Waals surface area contributed by atoms with Crippen molar-refractivity contribution in [2.24, 2.45) is 0 Å². The van der Waals surface area contributed by atoms with Gasteiger partial charge in [-0.05, 0) is 36.6 Å². The third-order valence-electron chi connectivity index (χ3n) is 2.77. The Morgan fingerprint density at radius 2 is 1.81 bits per heavy atom. The highest BCUT2D eigenvalue weighted by molar-refractivity contribution is 5.76. The van der Waals surface area contributed by atoms with E-state index in [9.17, 15) is 0 Å². The molecule has 2 rings (SSSR count). The van der Waals surface area contributed by atoms with Crippen LogP contribution in [-0.4, -0.2) is 4.98 Å². The fraction of sp³-hybridized carbons (Fsp3) is 0.133. The summed E-state index contributed by atoms with van der Waals surface area (Å²) in [6.07, 6.45) is 3.72. The molecular weight excluding hydrogens is 194 g/mol. The first-order valence-electron chi connectivity index (χ1n) is 5.38. The van der Waals surface area contributed by atoms with E-state index in [0.717, 1.165) is 11.3 Å². The van der Waals surface area contributed by atoms with Gasteiger partial charge in [0.15, 0.2) is 0 Å². The van der Waals surface area contributed by atoms with Gasteiger partial charge in [0.1, 0.15) is 0 Å². The average molecular weight is 209 g/mol. The van der Waals surface area contributed by atoms with Gasteiger partial charge in [-0.2, -0.15) is 0 Å². The Balaban J connectivity index is 2.73. The van der Waals surface area contributed by atoms with Crippen LogP contribution >= 0.6 is 0 Å². The number of nitrogens with zero attached hydrogens (tertiary/aromatic N) is 1. The van der Waals surface area contributed by atoms with Crippen LogP contribution in [0.3, 0.4) is 0 Å². The molecule has 1 heteroatoms. The molecule has 0 fully saturated rings. The minimum atomic E-state index is 1.05. The Kier molecular flexibility index (Phi) is 2.86. The Morgan fingerprint density at radius 3 is 2.50 bits per heavy atom. The quantitative estimate of drug-likeness (QED) is 0.728. The number of hydrogen-bond acceptors (Lipinski definition) is 1. The van der Waals surface area contributed by atoms with Crippen molar-refractivity contribution in [2.75, 3.05) is 0 Å². The smallest absolute Gasteiger partial charge is 0.0739 e. The molecule has 1 aromatic heterocycles. The summed E-state index contributed by atoms with van der Waals surface area (Å²) in [7, 11) is 0. The second kappa shape index (κ2) is 4.31. The molecular formula is C15H15N. The van der Waals surface area contributed by atoms with Gasteiger partial charge in [-0.25, -0.2) is 0 Å². The first kappa shape index (κ1) is 10.6. The van der Waals surface area contributed by atoms with E-state index in [2.05, 4.69) is 43.6 Å². The molecule has 0 radical (unpaired) electrons. The lowest BCUT2D eigenvalue weighted by atomic mass is 9.96. The molecule has 0 saturated carbocycles. The summed E-state index contributed by atoms with van der Waals surface area (Å²) < 4.78 is 0. The third kappa shape index (κ3) is 1.76. The molecule has 0 unspecified atom stereocenters. The van der Waals surface area contributed by atoms with E-state index in [4.69, 9.17) is 0 Å². The zero-order valence-electron chi connectivity index (χ0n) is 9.70. The molecule has 0 saturated heterocycles. The minimum absolute atomic E-state index is 1.05. The van der Waals surface area contributed by atoms with Gasteiger partial charge in [-0.1, -0.05) is 36.9 Å². The summed E-state index contributed by atoms with van der Waals surface area (Å²) in [6, 6.07) is 10.3. The van der Waals surface area contributed by atoms with Crippen molar-refractivity contribution < 1.29 is 0 Å². The monoisotopic (exact) mass is 209 g/mol. The number of aromatic nitrogens is 1. The van der Waals surface area contributed by atoms with Crippen LogP contribution in [0.2, 0.25) is 0 Å². The van der Waals surface area contributed by atoms with Crippen molar-refractivity contribution in [1.82, 2.24) is 4.98 Å². The van der Waals surface area contributed by atoms with E-state index >= 15 is 0 Å². The summed E-state index contributed by atoms with van der Waals surface area (Å²) in [6.45, 7) is 8.05. The van der Waals surface area contributed by atoms with Crippen LogP contribution in [0.5, 0.6) is 0 Å². The molecule has 0 spiro atoms. The summed E-state index contributed by atoms with van der Waals surface area (Å²) in [5, 5.41) is 0. The number of hydrogen-bond donors (Lipinski definition) is 0. The first-order chi connectivity index (χ1) is 7.74. The lowest BCUT2D eigenvalue weighted by Gasteiger charge is -2.11. The molecule has 0 aliphatic rings. The lowest BCUT2D eigenvalue weighted by Crippen LogP contribution is -1.93. The Labute approximate surface area is 96.5 Å². The van der Waals surface area contributed by atoms with E-state index in [1.807, 2.05) is 24.4 Å². The number of aryl methyl sites for hydroxylation is 2. The van der Waals surface area contributed by atoms with Crippen molar-refractivity contribution in [3.8, 4) is 11.3 Å². The largest absolute Gasteiger partial charge is 0.256 e. The Morgan fingerprint density at radius 1 is 1.06 bits per heavy atom. The van der Waals surface area contributed by atoms with Crippen LogP contribution in [0, 0.1) is 13.8 Å². The highest BCUT2D eigenvalue weighted by Gasteiger charge is 2.09. The van der Waals surface area contributed by atoms with Gasteiger partial charge in [0.2, 0.25) is 0 Å². The number of rotatable bonds is 2. The molecule has 2 aromatic rings. The molecule has 1 nitrogen and oxygen atoms in total. The van der Waals surface area contributed by atoms with Crippen molar-refractivity contribution in [1.29, 1.82) is 0 Å². The van der Waals surface area contributed by atoms with Gasteiger partial charge in [-0.15, -0.1) is 0 Å². The number of benzene rings is 1. The highest BCUT2D eigenvalue weighted by atomic mass is 14.7. The van der Waals surface area contributed by atoms with E-state index in [1.165, 1.54) is 16.7 Å². The van der Waals surface area contributed by atoms with Crippen molar-refractivity contribution in [3.05, 3.63) is 59.8 Å². The van der Waals surface area contributed by atoms with E-state index in [-0.39, 0.29) is 0 Å². The number of pyridine rings is 1. The van der Waals surface area contributed by atoms with Crippen LogP contribution in [-0.2, 0) is 0 Å². The highest BCUT2D eigenvalue weighted by Crippen LogP contribution is 2.28.